The molecule has 0 radical (unpaired) electrons. The monoisotopic (exact) mass is 720 g/mol. The van der Waals surface area contributed by atoms with Crippen LogP contribution in [0, 0.1) is 0 Å². The summed E-state index contributed by atoms with van der Waals surface area (Å²) in [5.74, 6) is -2.58. The first-order valence-electron chi connectivity index (χ1n) is 17.5. The van der Waals surface area contributed by atoms with Crippen LogP contribution in [0.1, 0.15) is 50.5 Å². The molecule has 0 saturated heterocycles. The highest BCUT2D eigenvalue weighted by atomic mass is 16.6. The number of aromatic nitrogens is 2. The Labute approximate surface area is 311 Å². The van der Waals surface area contributed by atoms with Crippen LogP contribution in [0.2, 0.25) is 0 Å². The number of aliphatic carboxylic acids is 1. The van der Waals surface area contributed by atoms with Crippen molar-refractivity contribution in [2.75, 3.05) is 26.2 Å². The number of carboxylic acid groups (broad SMARTS) is 1. The first-order valence-corrected chi connectivity index (χ1v) is 17.5. The number of hydrogen-bond acceptors (Lipinski definition) is 8. The van der Waals surface area contributed by atoms with Crippen LogP contribution in [0.4, 0.5) is 4.79 Å². The van der Waals surface area contributed by atoms with Crippen molar-refractivity contribution in [3.05, 3.63) is 167 Å². The smallest absolute Gasteiger partial charge is 0.407 e. The zero-order valence-electron chi connectivity index (χ0n) is 29.1. The van der Waals surface area contributed by atoms with Gasteiger partial charge in [-0.2, -0.15) is 5.10 Å². The van der Waals surface area contributed by atoms with Gasteiger partial charge >= 0.3 is 18.0 Å². The van der Waals surface area contributed by atoms with E-state index in [9.17, 15) is 24.3 Å². The highest BCUT2D eigenvalue weighted by Gasteiger charge is 2.29. The van der Waals surface area contributed by atoms with E-state index in [0.717, 1.165) is 38.3 Å². The number of fused-ring (bicyclic) bond motifs is 4. The van der Waals surface area contributed by atoms with Gasteiger partial charge in [-0.25, -0.2) is 9.59 Å². The van der Waals surface area contributed by atoms with Crippen LogP contribution in [-0.2, 0) is 25.5 Å². The molecule has 2 amide bonds. The van der Waals surface area contributed by atoms with Gasteiger partial charge in [0.05, 0.1) is 12.1 Å². The fourth-order valence-electron chi connectivity index (χ4n) is 6.84. The average molecular weight is 721 g/mol. The molecule has 7 rings (SSSR count). The molecule has 6 aromatic rings. The van der Waals surface area contributed by atoms with E-state index in [1.54, 1.807) is 24.3 Å². The SMILES string of the molecule is O=C(O)CN(CCNC(=O)OCC1c2ccccc2-c2ccccc21)C(=O)Cc1nnc(C(=O)OC(c2ccccc2)c2ccccc2)c2ccccc12. The van der Waals surface area contributed by atoms with E-state index in [1.165, 1.54) is 0 Å². The number of esters is 1. The predicted octanol–water partition coefficient (Wildman–Crippen LogP) is 6.57. The minimum absolute atomic E-state index is 0.0201. The van der Waals surface area contributed by atoms with Crippen molar-refractivity contribution in [2.24, 2.45) is 0 Å². The standard InChI is InChI=1S/C43H36N4O7/c48-38(47(26-39(49)50)24-23-44-43(52)53-27-36-32-19-9-7-17-30(32)31-18-8-10-20-33(31)36)25-37-34-21-11-12-22-35(34)40(46-45-37)42(51)54-41(28-13-3-1-4-14-28)29-15-5-2-6-16-29/h1-22,36,41H,23-27H2,(H,44,52)(H,49,50). The second-order valence-corrected chi connectivity index (χ2v) is 12.8. The molecule has 11 nitrogen and oxygen atoms in total. The summed E-state index contributed by atoms with van der Waals surface area (Å²) in [5, 5.41) is 21.6. The minimum atomic E-state index is -1.22. The number of ether oxygens (including phenoxy) is 2. The number of nitrogens with zero attached hydrogens (tertiary/aromatic N) is 3. The molecule has 11 heteroatoms. The molecule has 0 unspecified atom stereocenters. The summed E-state index contributed by atoms with van der Waals surface area (Å²) in [4.78, 5) is 52.8. The van der Waals surface area contributed by atoms with Gasteiger partial charge in [0.15, 0.2) is 11.8 Å². The van der Waals surface area contributed by atoms with Crippen LogP contribution >= 0.6 is 0 Å². The lowest BCUT2D eigenvalue weighted by Gasteiger charge is -2.21. The normalized spacial score (nSPS) is 11.8. The van der Waals surface area contributed by atoms with E-state index in [1.807, 2.05) is 109 Å². The number of amides is 2. The Kier molecular flexibility index (Phi) is 10.7. The lowest BCUT2D eigenvalue weighted by molar-refractivity contribution is -0.144. The largest absolute Gasteiger partial charge is 0.480 e. The third-order valence-corrected chi connectivity index (χ3v) is 9.38. The van der Waals surface area contributed by atoms with Crippen LogP contribution in [0.15, 0.2) is 133 Å². The van der Waals surface area contributed by atoms with Gasteiger partial charge in [0, 0.05) is 29.8 Å². The number of carboxylic acids is 1. The predicted molar refractivity (Wildman–Crippen MR) is 201 cm³/mol. The van der Waals surface area contributed by atoms with Crippen LogP contribution in [-0.4, -0.2) is 70.4 Å². The van der Waals surface area contributed by atoms with E-state index in [4.69, 9.17) is 9.47 Å². The van der Waals surface area contributed by atoms with Gasteiger partial charge in [-0.3, -0.25) is 9.59 Å². The number of benzene rings is 5. The molecule has 0 aliphatic heterocycles. The van der Waals surface area contributed by atoms with Crippen molar-refractivity contribution >= 4 is 34.7 Å². The summed E-state index contributed by atoms with van der Waals surface area (Å²) in [6.45, 7) is -0.615. The van der Waals surface area contributed by atoms with Crippen LogP contribution in [0.5, 0.6) is 0 Å². The average Bonchev–Trinajstić information content (AvgIpc) is 3.52. The number of hydrogen-bond donors (Lipinski definition) is 2. The highest BCUT2D eigenvalue weighted by molar-refractivity contribution is 6.03. The first kappa shape index (κ1) is 35.5. The summed E-state index contributed by atoms with van der Waals surface area (Å²) < 4.78 is 11.6. The van der Waals surface area contributed by atoms with Crippen molar-refractivity contribution in [2.45, 2.75) is 18.4 Å². The van der Waals surface area contributed by atoms with Crippen molar-refractivity contribution in [1.29, 1.82) is 0 Å². The van der Waals surface area contributed by atoms with E-state index in [2.05, 4.69) is 15.5 Å². The molecule has 1 heterocycles. The molecule has 0 spiro atoms. The Morgan fingerprint density at radius 3 is 1.87 bits per heavy atom. The van der Waals surface area contributed by atoms with Gasteiger partial charge in [-0.15, -0.1) is 5.10 Å². The second kappa shape index (κ2) is 16.2. The first-order chi connectivity index (χ1) is 26.4. The van der Waals surface area contributed by atoms with E-state index in [-0.39, 0.29) is 43.4 Å². The zero-order valence-corrected chi connectivity index (χ0v) is 29.1. The Morgan fingerprint density at radius 1 is 0.704 bits per heavy atom. The maximum Gasteiger partial charge on any atom is 0.407 e. The van der Waals surface area contributed by atoms with E-state index in [0.29, 0.717) is 10.8 Å². The number of alkyl carbamates (subject to hydrolysis) is 1. The van der Waals surface area contributed by atoms with E-state index >= 15 is 0 Å². The summed E-state index contributed by atoms with van der Waals surface area (Å²) in [5.41, 5.74) is 6.17. The summed E-state index contributed by atoms with van der Waals surface area (Å²) in [7, 11) is 0. The maximum absolute atomic E-state index is 13.7. The van der Waals surface area contributed by atoms with Gasteiger partial charge in [0.1, 0.15) is 13.2 Å². The van der Waals surface area contributed by atoms with Crippen molar-refractivity contribution < 1.29 is 33.8 Å². The Hall–Kier alpha value is -6.88. The van der Waals surface area contributed by atoms with Gasteiger partial charge in [0.2, 0.25) is 5.91 Å². The molecule has 2 N–H and O–H groups in total. The molecular weight excluding hydrogens is 684 g/mol. The lowest BCUT2D eigenvalue weighted by atomic mass is 9.98. The molecule has 0 fully saturated rings. The number of nitrogens with one attached hydrogen (secondary N) is 1. The zero-order chi connectivity index (χ0) is 37.4. The van der Waals surface area contributed by atoms with E-state index < -0.39 is 36.6 Å². The summed E-state index contributed by atoms with van der Waals surface area (Å²) in [6.07, 6.45) is -1.67. The molecule has 0 saturated carbocycles. The van der Waals surface area contributed by atoms with Crippen molar-refractivity contribution in [3.63, 3.8) is 0 Å². The summed E-state index contributed by atoms with van der Waals surface area (Å²) >= 11 is 0. The molecule has 1 aliphatic rings. The van der Waals surface area contributed by atoms with Crippen molar-refractivity contribution in [3.8, 4) is 11.1 Å². The topological polar surface area (TPSA) is 148 Å². The maximum atomic E-state index is 13.7. The fourth-order valence-corrected chi connectivity index (χ4v) is 6.84. The molecule has 0 bridgehead atoms. The molecular formula is C43H36N4O7. The van der Waals surface area contributed by atoms with Gasteiger partial charge in [-0.05, 0) is 33.4 Å². The van der Waals surface area contributed by atoms with Crippen LogP contribution in [0.25, 0.3) is 21.9 Å². The molecule has 1 aliphatic carbocycles. The van der Waals surface area contributed by atoms with Crippen LogP contribution < -0.4 is 5.32 Å². The molecule has 0 atom stereocenters. The van der Waals surface area contributed by atoms with Crippen molar-refractivity contribution in [1.82, 2.24) is 20.4 Å². The second-order valence-electron chi connectivity index (χ2n) is 12.8. The van der Waals surface area contributed by atoms with Gasteiger partial charge < -0.3 is 24.8 Å². The molecule has 1 aromatic heterocycles. The Morgan fingerprint density at radius 2 is 1.26 bits per heavy atom. The number of carbonyl (C=O) groups is 4. The third-order valence-electron chi connectivity index (χ3n) is 9.38. The molecule has 5 aromatic carbocycles. The summed E-state index contributed by atoms with van der Waals surface area (Å²) in [6, 6.07) is 41.6. The fraction of sp³-hybridized carbons (Fsp3) is 0.163. The molecule has 54 heavy (non-hydrogen) atoms. The van der Waals surface area contributed by atoms with Gasteiger partial charge in [-0.1, -0.05) is 133 Å². The minimum Gasteiger partial charge on any atom is -0.480 e. The number of rotatable bonds is 13. The van der Waals surface area contributed by atoms with Crippen LogP contribution in [0.3, 0.4) is 0 Å². The third kappa shape index (κ3) is 7.80. The number of carbonyl (C=O) groups excluding carboxylic acids is 3. The van der Waals surface area contributed by atoms with Gasteiger partial charge in [0.25, 0.3) is 0 Å². The highest BCUT2D eigenvalue weighted by Crippen LogP contribution is 2.44. The Bertz CT molecular complexity index is 2230. The quantitative estimate of drug-likeness (QED) is 0.126. The molecule has 270 valence electrons. The lowest BCUT2D eigenvalue weighted by Crippen LogP contribution is -2.42. The Balaban J connectivity index is 1.01.